The lowest BCUT2D eigenvalue weighted by Crippen LogP contribution is -2.45. The molecule has 200 valence electrons. The van der Waals surface area contributed by atoms with Crippen LogP contribution >= 0.6 is 0 Å². The van der Waals surface area contributed by atoms with Crippen molar-refractivity contribution >= 4 is 41.3 Å². The van der Waals surface area contributed by atoms with Crippen molar-refractivity contribution in [1.82, 2.24) is 9.88 Å². The Morgan fingerprint density at radius 2 is 2.00 bits per heavy atom. The number of amides is 2. The molecule has 0 radical (unpaired) electrons. The van der Waals surface area contributed by atoms with Gasteiger partial charge in [0.15, 0.2) is 0 Å². The average Bonchev–Trinajstić information content (AvgIpc) is 3.28. The fourth-order valence-electron chi connectivity index (χ4n) is 4.36. The second-order valence-corrected chi connectivity index (χ2v) is 9.76. The number of aryl methyl sites for hydroxylation is 1. The molecule has 0 aliphatic heterocycles. The molecule has 0 aliphatic carbocycles. The number of aliphatic imine (C=N–C) groups is 2. The quantitative estimate of drug-likeness (QED) is 0.244. The molecule has 0 saturated heterocycles. The van der Waals surface area contributed by atoms with Gasteiger partial charge < -0.3 is 20.4 Å². The Balaban J connectivity index is 1.63. The molecule has 8 nitrogen and oxygen atoms in total. The first kappa shape index (κ1) is 28.5. The standard InChI is InChI=1S/C30H37N5O3/c1-6-30(2,3)35-19-23(24-11-7-8-12-27(24)35)10-9-13-28(36)34-26(29(31)37)17-21-14-15-22(18-33-20-38-5)25(16-21)32-4/h6-8,11-12,14-16,18-19,26H,1,4,9-10,13,17,20H2,2-3,5H3,(H2,31,37)(H,34,36)/b33-18-/t26-/m0/s1. The monoisotopic (exact) mass is 515 g/mol. The number of benzene rings is 2. The number of aromatic nitrogens is 1. The summed E-state index contributed by atoms with van der Waals surface area (Å²) in [4.78, 5) is 33.1. The van der Waals surface area contributed by atoms with E-state index in [-0.39, 0.29) is 31.0 Å². The van der Waals surface area contributed by atoms with E-state index in [0.717, 1.165) is 23.1 Å². The molecule has 1 atom stereocenters. The van der Waals surface area contributed by atoms with Gasteiger partial charge in [-0.2, -0.15) is 0 Å². The van der Waals surface area contributed by atoms with Crippen LogP contribution in [0.2, 0.25) is 0 Å². The zero-order chi connectivity index (χ0) is 27.7. The molecule has 2 amide bonds. The fourth-order valence-corrected chi connectivity index (χ4v) is 4.36. The predicted molar refractivity (Wildman–Crippen MR) is 154 cm³/mol. The van der Waals surface area contributed by atoms with Gasteiger partial charge in [-0.3, -0.25) is 19.6 Å². The molecule has 3 rings (SSSR count). The fraction of sp³-hybridized carbons (Fsp3) is 0.333. The first-order valence-corrected chi connectivity index (χ1v) is 12.6. The third-order valence-electron chi connectivity index (χ3n) is 6.58. The van der Waals surface area contributed by atoms with E-state index < -0.39 is 11.9 Å². The highest BCUT2D eigenvalue weighted by Crippen LogP contribution is 2.29. The maximum absolute atomic E-state index is 12.7. The van der Waals surface area contributed by atoms with E-state index in [1.165, 1.54) is 10.9 Å². The summed E-state index contributed by atoms with van der Waals surface area (Å²) >= 11 is 0. The third kappa shape index (κ3) is 7.04. The minimum atomic E-state index is -0.830. The van der Waals surface area contributed by atoms with E-state index in [1.54, 1.807) is 13.3 Å². The van der Waals surface area contributed by atoms with Crippen molar-refractivity contribution in [2.45, 2.75) is 51.1 Å². The van der Waals surface area contributed by atoms with Gasteiger partial charge >= 0.3 is 0 Å². The Morgan fingerprint density at radius 3 is 2.68 bits per heavy atom. The van der Waals surface area contributed by atoms with Gasteiger partial charge in [0.2, 0.25) is 11.8 Å². The molecule has 0 aliphatic rings. The number of nitrogens with zero attached hydrogens (tertiary/aromatic N) is 3. The number of hydrogen-bond acceptors (Lipinski definition) is 5. The van der Waals surface area contributed by atoms with Crippen molar-refractivity contribution in [1.29, 1.82) is 0 Å². The van der Waals surface area contributed by atoms with Crippen LogP contribution in [0, 0.1) is 0 Å². The van der Waals surface area contributed by atoms with Crippen molar-refractivity contribution in [2.75, 3.05) is 13.8 Å². The van der Waals surface area contributed by atoms with E-state index >= 15 is 0 Å². The molecular formula is C30H37N5O3. The second kappa shape index (κ2) is 13.0. The van der Waals surface area contributed by atoms with Gasteiger partial charge in [0.1, 0.15) is 12.8 Å². The van der Waals surface area contributed by atoms with Gasteiger partial charge in [-0.05, 0) is 56.7 Å². The van der Waals surface area contributed by atoms with Crippen LogP contribution in [-0.2, 0) is 32.7 Å². The molecule has 1 heterocycles. The molecule has 2 aromatic carbocycles. The van der Waals surface area contributed by atoms with Crippen LogP contribution in [0.3, 0.4) is 0 Å². The summed E-state index contributed by atoms with van der Waals surface area (Å²) in [5.41, 5.74) is 9.89. The van der Waals surface area contributed by atoms with Gasteiger partial charge in [-0.25, -0.2) is 0 Å². The zero-order valence-electron chi connectivity index (χ0n) is 22.4. The number of carbonyl (C=O) groups is 2. The number of primary amides is 1. The molecule has 0 unspecified atom stereocenters. The second-order valence-electron chi connectivity index (χ2n) is 9.76. The minimum absolute atomic E-state index is 0.214. The van der Waals surface area contributed by atoms with Crippen LogP contribution in [-0.4, -0.2) is 49.2 Å². The van der Waals surface area contributed by atoms with Crippen molar-refractivity contribution in [2.24, 2.45) is 15.7 Å². The van der Waals surface area contributed by atoms with Crippen molar-refractivity contribution < 1.29 is 14.3 Å². The summed E-state index contributed by atoms with van der Waals surface area (Å²) < 4.78 is 7.14. The van der Waals surface area contributed by atoms with E-state index in [0.29, 0.717) is 12.1 Å². The number of nitrogens with one attached hydrogen (secondary N) is 1. The Kier molecular flexibility index (Phi) is 9.73. The molecule has 0 spiro atoms. The first-order valence-electron chi connectivity index (χ1n) is 12.6. The number of nitrogens with two attached hydrogens (primary N) is 1. The Morgan fingerprint density at radius 1 is 1.24 bits per heavy atom. The number of carbonyl (C=O) groups excluding carboxylic acids is 2. The summed E-state index contributed by atoms with van der Waals surface area (Å²) in [7, 11) is 1.56. The Bertz CT molecular complexity index is 1340. The number of fused-ring (bicyclic) bond motifs is 1. The number of ether oxygens (including phenoxy) is 1. The number of para-hydroxylation sites is 1. The Hall–Kier alpha value is -4.04. The van der Waals surface area contributed by atoms with Crippen LogP contribution in [0.4, 0.5) is 5.69 Å². The average molecular weight is 516 g/mol. The number of hydrogen-bond donors (Lipinski definition) is 2. The van der Waals surface area contributed by atoms with Gasteiger partial charge in [-0.1, -0.05) is 36.4 Å². The maximum atomic E-state index is 12.7. The third-order valence-corrected chi connectivity index (χ3v) is 6.58. The highest BCUT2D eigenvalue weighted by molar-refractivity contribution is 5.89. The molecule has 0 fully saturated rings. The summed E-state index contributed by atoms with van der Waals surface area (Å²) in [5.74, 6) is -0.804. The molecule has 0 bridgehead atoms. The summed E-state index contributed by atoms with van der Waals surface area (Å²) in [5, 5.41) is 3.97. The highest BCUT2D eigenvalue weighted by Gasteiger charge is 2.21. The summed E-state index contributed by atoms with van der Waals surface area (Å²) in [6, 6.07) is 12.9. The van der Waals surface area contributed by atoms with Gasteiger partial charge in [-0.15, -0.1) is 6.58 Å². The highest BCUT2D eigenvalue weighted by atomic mass is 16.5. The lowest BCUT2D eigenvalue weighted by Gasteiger charge is -2.23. The van der Waals surface area contributed by atoms with Crippen molar-refractivity contribution in [3.63, 3.8) is 0 Å². The van der Waals surface area contributed by atoms with Crippen molar-refractivity contribution in [3.8, 4) is 0 Å². The number of rotatable bonds is 14. The molecule has 1 aromatic heterocycles. The zero-order valence-corrected chi connectivity index (χ0v) is 22.4. The topological polar surface area (TPSA) is 111 Å². The minimum Gasteiger partial charge on any atom is -0.368 e. The molecule has 8 heteroatoms. The van der Waals surface area contributed by atoms with Crippen LogP contribution in [0.25, 0.3) is 10.9 Å². The van der Waals surface area contributed by atoms with Crippen LogP contribution < -0.4 is 11.1 Å². The van der Waals surface area contributed by atoms with Crippen LogP contribution in [0.1, 0.15) is 43.4 Å². The van der Waals surface area contributed by atoms with Gasteiger partial charge in [0, 0.05) is 48.8 Å². The van der Waals surface area contributed by atoms with Crippen LogP contribution in [0.5, 0.6) is 0 Å². The van der Waals surface area contributed by atoms with E-state index in [1.807, 2.05) is 36.4 Å². The first-order chi connectivity index (χ1) is 18.2. The van der Waals surface area contributed by atoms with Gasteiger partial charge in [0.05, 0.1) is 11.2 Å². The SMILES string of the molecule is C=CC(C)(C)n1cc(CCCC(=O)N[C@@H](Cc2ccc(/C=N\COC)c(N=C)c2)C(N)=O)c2ccccc21. The lowest BCUT2D eigenvalue weighted by molar-refractivity contribution is -0.127. The van der Waals surface area contributed by atoms with E-state index in [2.05, 4.69) is 65.3 Å². The van der Waals surface area contributed by atoms with E-state index in [9.17, 15) is 9.59 Å². The number of methoxy groups -OCH3 is 1. The summed E-state index contributed by atoms with van der Waals surface area (Å²) in [6.45, 7) is 12.1. The smallest absolute Gasteiger partial charge is 0.240 e. The molecule has 38 heavy (non-hydrogen) atoms. The molecule has 0 saturated carbocycles. The predicted octanol–water partition coefficient (Wildman–Crippen LogP) is 4.45. The van der Waals surface area contributed by atoms with Crippen molar-refractivity contribution in [3.05, 3.63) is 78.0 Å². The maximum Gasteiger partial charge on any atom is 0.240 e. The van der Waals surface area contributed by atoms with Gasteiger partial charge in [0.25, 0.3) is 0 Å². The molecular weight excluding hydrogens is 478 g/mol. The summed E-state index contributed by atoms with van der Waals surface area (Å²) in [6.07, 6.45) is 7.63. The largest absolute Gasteiger partial charge is 0.368 e. The number of allylic oxidation sites excluding steroid dienone is 1. The lowest BCUT2D eigenvalue weighted by atomic mass is 10.0. The Labute approximate surface area is 224 Å². The van der Waals surface area contributed by atoms with E-state index in [4.69, 9.17) is 10.5 Å². The normalized spacial score (nSPS) is 12.5. The van der Waals surface area contributed by atoms with Crippen LogP contribution in [0.15, 0.2) is 71.3 Å². The molecule has 3 aromatic rings. The molecule has 3 N–H and O–H groups in total.